The number of hydrogen-bond donors (Lipinski definition) is 1. The van der Waals surface area contributed by atoms with E-state index in [0.717, 1.165) is 26.6 Å². The van der Waals surface area contributed by atoms with Gasteiger partial charge < -0.3 is 15.0 Å². The van der Waals surface area contributed by atoms with Crippen LogP contribution in [0.5, 0.6) is 5.75 Å². The zero-order chi connectivity index (χ0) is 33.5. The number of carbonyl (C=O) groups is 2. The molecule has 0 fully saturated rings. The van der Waals surface area contributed by atoms with Crippen LogP contribution in [0.25, 0.3) is 0 Å². The third kappa shape index (κ3) is 8.97. The van der Waals surface area contributed by atoms with Crippen LogP contribution in [0.3, 0.4) is 0 Å². The fraction of sp³-hybridized carbons (Fsp3) is 0.297. The Morgan fingerprint density at radius 2 is 1.35 bits per heavy atom. The van der Waals surface area contributed by atoms with Crippen molar-refractivity contribution in [1.82, 2.24) is 10.2 Å². The van der Waals surface area contributed by atoms with Crippen molar-refractivity contribution >= 4 is 27.5 Å². The summed E-state index contributed by atoms with van der Waals surface area (Å²) < 4.78 is 34.7. The van der Waals surface area contributed by atoms with Gasteiger partial charge in [0.05, 0.1) is 17.7 Å². The first-order valence-corrected chi connectivity index (χ1v) is 16.7. The highest BCUT2D eigenvalue weighted by molar-refractivity contribution is 7.92. The number of aryl methyl sites for hydroxylation is 2. The summed E-state index contributed by atoms with van der Waals surface area (Å²) in [5.41, 5.74) is 3.48. The van der Waals surface area contributed by atoms with Gasteiger partial charge >= 0.3 is 0 Å². The third-order valence-corrected chi connectivity index (χ3v) is 9.28. The first-order chi connectivity index (χ1) is 21.8. The van der Waals surface area contributed by atoms with Crippen LogP contribution in [0.1, 0.15) is 43.0 Å². The molecule has 1 atom stereocenters. The number of methoxy groups -OCH3 is 1. The van der Waals surface area contributed by atoms with Crippen LogP contribution in [0.4, 0.5) is 5.69 Å². The maximum absolute atomic E-state index is 14.6. The molecule has 0 saturated carbocycles. The van der Waals surface area contributed by atoms with Gasteiger partial charge in [-0.05, 0) is 82.1 Å². The predicted octanol–water partition coefficient (Wildman–Crippen LogP) is 6.06. The van der Waals surface area contributed by atoms with Gasteiger partial charge in [0.2, 0.25) is 11.8 Å². The lowest BCUT2D eigenvalue weighted by Gasteiger charge is -2.35. The standard InChI is InChI=1S/C37H43N3O5S/c1-27-12-16-30(17-13-27)25-39(34(36(42)38-37(3,4)5)24-29-10-8-7-9-11-29)35(41)26-40(31-18-14-28(2)15-19-31)46(43,44)33-22-20-32(45-6)21-23-33/h7-23,34H,24-26H2,1-6H3,(H,38,42). The molecule has 0 saturated heterocycles. The average Bonchev–Trinajstić information content (AvgIpc) is 3.02. The molecule has 0 aromatic heterocycles. The molecule has 4 rings (SSSR count). The second-order valence-electron chi connectivity index (χ2n) is 12.5. The number of sulfonamides is 1. The van der Waals surface area contributed by atoms with Gasteiger partial charge in [-0.3, -0.25) is 13.9 Å². The van der Waals surface area contributed by atoms with E-state index in [9.17, 15) is 18.0 Å². The van der Waals surface area contributed by atoms with E-state index in [0.29, 0.717) is 11.4 Å². The highest BCUT2D eigenvalue weighted by Gasteiger charge is 2.35. The molecule has 0 heterocycles. The molecule has 0 aliphatic carbocycles. The summed E-state index contributed by atoms with van der Waals surface area (Å²) in [5.74, 6) is -0.324. The summed E-state index contributed by atoms with van der Waals surface area (Å²) in [6.45, 7) is 9.13. The molecule has 9 heteroatoms. The lowest BCUT2D eigenvalue weighted by atomic mass is 10.0. The molecule has 0 spiro atoms. The molecule has 1 N–H and O–H groups in total. The molecule has 4 aromatic rings. The second kappa shape index (κ2) is 14.6. The van der Waals surface area contributed by atoms with Gasteiger partial charge in [0, 0.05) is 18.5 Å². The van der Waals surface area contributed by atoms with Gasteiger partial charge in [-0.25, -0.2) is 8.42 Å². The van der Waals surface area contributed by atoms with E-state index in [1.807, 2.05) is 89.2 Å². The topological polar surface area (TPSA) is 96.0 Å². The molecule has 4 aromatic carbocycles. The van der Waals surface area contributed by atoms with E-state index in [2.05, 4.69) is 5.32 Å². The summed E-state index contributed by atoms with van der Waals surface area (Å²) >= 11 is 0. The maximum Gasteiger partial charge on any atom is 0.264 e. The molecule has 0 aliphatic rings. The Morgan fingerprint density at radius 3 is 1.89 bits per heavy atom. The van der Waals surface area contributed by atoms with E-state index in [4.69, 9.17) is 4.74 Å². The Kier molecular flexibility index (Phi) is 10.9. The van der Waals surface area contributed by atoms with Gasteiger partial charge in [-0.15, -0.1) is 0 Å². The molecule has 242 valence electrons. The fourth-order valence-electron chi connectivity index (χ4n) is 5.01. The molecule has 1 unspecified atom stereocenters. The number of nitrogens with zero attached hydrogens (tertiary/aromatic N) is 2. The van der Waals surface area contributed by atoms with Crippen molar-refractivity contribution in [1.29, 1.82) is 0 Å². The van der Waals surface area contributed by atoms with Crippen molar-refractivity contribution in [3.8, 4) is 5.75 Å². The number of anilines is 1. The predicted molar refractivity (Wildman–Crippen MR) is 182 cm³/mol. The summed E-state index contributed by atoms with van der Waals surface area (Å²) in [6, 6.07) is 29.3. The first kappa shape index (κ1) is 34.2. The molecule has 0 aliphatic heterocycles. The smallest absolute Gasteiger partial charge is 0.264 e. The fourth-order valence-corrected chi connectivity index (χ4v) is 6.43. The molecule has 0 bridgehead atoms. The van der Waals surface area contributed by atoms with E-state index < -0.39 is 34.1 Å². The van der Waals surface area contributed by atoms with Crippen molar-refractivity contribution in [2.45, 2.75) is 64.1 Å². The van der Waals surface area contributed by atoms with E-state index in [1.54, 1.807) is 36.4 Å². The lowest BCUT2D eigenvalue weighted by molar-refractivity contribution is -0.140. The van der Waals surface area contributed by atoms with Crippen molar-refractivity contribution in [3.63, 3.8) is 0 Å². The lowest BCUT2D eigenvalue weighted by Crippen LogP contribution is -2.56. The number of carbonyl (C=O) groups excluding carboxylic acids is 2. The Balaban J connectivity index is 1.81. The summed E-state index contributed by atoms with van der Waals surface area (Å²) in [7, 11) is -2.70. The molecule has 2 amide bonds. The van der Waals surface area contributed by atoms with E-state index in [1.165, 1.54) is 24.1 Å². The average molecular weight is 642 g/mol. The van der Waals surface area contributed by atoms with Crippen LogP contribution in [0.15, 0.2) is 108 Å². The number of hydrogen-bond acceptors (Lipinski definition) is 5. The van der Waals surface area contributed by atoms with Crippen LogP contribution in [0, 0.1) is 13.8 Å². The van der Waals surface area contributed by atoms with E-state index >= 15 is 0 Å². The van der Waals surface area contributed by atoms with Gasteiger partial charge in [0.25, 0.3) is 10.0 Å². The summed E-state index contributed by atoms with van der Waals surface area (Å²) in [5, 5.41) is 3.05. The van der Waals surface area contributed by atoms with Crippen molar-refractivity contribution < 1.29 is 22.7 Å². The normalized spacial score (nSPS) is 12.2. The van der Waals surface area contributed by atoms with Crippen molar-refractivity contribution in [2.75, 3.05) is 18.0 Å². The monoisotopic (exact) mass is 641 g/mol. The highest BCUT2D eigenvalue weighted by atomic mass is 32.2. The van der Waals surface area contributed by atoms with Gasteiger partial charge in [0.15, 0.2) is 0 Å². The van der Waals surface area contributed by atoms with E-state index in [-0.39, 0.29) is 23.8 Å². The minimum Gasteiger partial charge on any atom is -0.497 e. The highest BCUT2D eigenvalue weighted by Crippen LogP contribution is 2.27. The molecular weight excluding hydrogens is 598 g/mol. The largest absolute Gasteiger partial charge is 0.497 e. The zero-order valence-corrected chi connectivity index (χ0v) is 28.2. The maximum atomic E-state index is 14.6. The Morgan fingerprint density at radius 1 is 0.783 bits per heavy atom. The summed E-state index contributed by atoms with van der Waals surface area (Å²) in [4.78, 5) is 30.1. The zero-order valence-electron chi connectivity index (χ0n) is 27.4. The van der Waals surface area contributed by atoms with Crippen LogP contribution >= 0.6 is 0 Å². The SMILES string of the molecule is COc1ccc(S(=O)(=O)N(CC(=O)N(Cc2ccc(C)cc2)C(Cc2ccccc2)C(=O)NC(C)(C)C)c2ccc(C)cc2)cc1. The Hall–Kier alpha value is -4.63. The first-order valence-electron chi connectivity index (χ1n) is 15.2. The number of benzene rings is 4. The van der Waals surface area contributed by atoms with Crippen LogP contribution in [-0.4, -0.2) is 50.4 Å². The number of nitrogens with one attached hydrogen (secondary N) is 1. The number of rotatable bonds is 12. The van der Waals surface area contributed by atoms with Gasteiger partial charge in [-0.1, -0.05) is 77.9 Å². The van der Waals surface area contributed by atoms with Crippen LogP contribution in [-0.2, 0) is 32.6 Å². The van der Waals surface area contributed by atoms with Crippen LogP contribution < -0.4 is 14.4 Å². The Labute approximate surface area is 273 Å². The Bertz CT molecular complexity index is 1720. The molecule has 8 nitrogen and oxygen atoms in total. The molecule has 46 heavy (non-hydrogen) atoms. The van der Waals surface area contributed by atoms with Gasteiger partial charge in [0.1, 0.15) is 18.3 Å². The molecule has 0 radical (unpaired) electrons. The van der Waals surface area contributed by atoms with Crippen molar-refractivity contribution in [2.24, 2.45) is 0 Å². The summed E-state index contributed by atoms with van der Waals surface area (Å²) in [6.07, 6.45) is 0.246. The number of ether oxygens (including phenoxy) is 1. The number of amides is 2. The quantitative estimate of drug-likeness (QED) is 0.203. The minimum atomic E-state index is -4.20. The minimum absolute atomic E-state index is 0.0121. The molecular formula is C37H43N3O5S. The van der Waals surface area contributed by atoms with Crippen LogP contribution in [0.2, 0.25) is 0 Å². The third-order valence-electron chi connectivity index (χ3n) is 7.49. The van der Waals surface area contributed by atoms with Gasteiger partial charge in [-0.2, -0.15) is 0 Å². The van der Waals surface area contributed by atoms with Crippen molar-refractivity contribution in [3.05, 3.63) is 125 Å². The second-order valence-corrected chi connectivity index (χ2v) is 14.3.